The third-order valence-electron chi connectivity index (χ3n) is 1.61. The normalized spacial score (nSPS) is 10.9. The Kier molecular flexibility index (Phi) is 4.45. The van der Waals surface area contributed by atoms with Crippen LogP contribution in [0.25, 0.3) is 6.08 Å². The predicted octanol–water partition coefficient (Wildman–Crippen LogP) is 4.13. The first-order valence-electron chi connectivity index (χ1n) is 4.03. The summed E-state index contributed by atoms with van der Waals surface area (Å²) in [4.78, 5) is 10.3. The zero-order valence-corrected chi connectivity index (χ0v) is 9.77. The van der Waals surface area contributed by atoms with E-state index in [2.05, 4.69) is 0 Å². The minimum atomic E-state index is -0.907. The second kappa shape index (κ2) is 5.40. The Balaban J connectivity index is 2.94. The molecule has 0 saturated carbocycles. The van der Waals surface area contributed by atoms with Crippen molar-refractivity contribution in [2.24, 2.45) is 0 Å². The van der Waals surface area contributed by atoms with E-state index in [9.17, 15) is 4.79 Å². The van der Waals surface area contributed by atoms with Gasteiger partial charge in [0.2, 0.25) is 0 Å². The Morgan fingerprint density at radius 1 is 1.33 bits per heavy atom. The number of hydrogen-bond acceptors (Lipinski definition) is 1. The first kappa shape index (κ1) is 12.4. The van der Waals surface area contributed by atoms with Gasteiger partial charge in [0, 0.05) is 5.02 Å². The van der Waals surface area contributed by atoms with Crippen LogP contribution in [0.15, 0.2) is 18.2 Å². The zero-order valence-electron chi connectivity index (χ0n) is 7.51. The molecule has 0 aliphatic rings. The zero-order chi connectivity index (χ0) is 11.4. The monoisotopic (exact) mass is 264 g/mol. The van der Waals surface area contributed by atoms with E-state index in [1.54, 1.807) is 12.1 Å². The molecule has 5 heteroatoms. The highest BCUT2D eigenvalue weighted by Crippen LogP contribution is 2.30. The van der Waals surface area contributed by atoms with Crippen LogP contribution in [0.3, 0.4) is 0 Å². The Morgan fingerprint density at radius 3 is 2.60 bits per heavy atom. The third-order valence-corrected chi connectivity index (χ3v) is 2.65. The second-order valence-electron chi connectivity index (χ2n) is 2.79. The van der Waals surface area contributed by atoms with Gasteiger partial charge in [-0.25, -0.2) is 0 Å². The van der Waals surface area contributed by atoms with Gasteiger partial charge in [0.05, 0.1) is 16.5 Å². The van der Waals surface area contributed by atoms with E-state index in [1.165, 1.54) is 12.1 Å². The fourth-order valence-corrected chi connectivity index (χ4v) is 1.67. The van der Waals surface area contributed by atoms with Crippen molar-refractivity contribution in [3.05, 3.63) is 38.8 Å². The van der Waals surface area contributed by atoms with E-state index in [0.717, 1.165) is 0 Å². The largest absolute Gasteiger partial charge is 0.481 e. The van der Waals surface area contributed by atoms with Crippen LogP contribution in [0.4, 0.5) is 0 Å². The smallest absolute Gasteiger partial charge is 0.307 e. The molecule has 0 heterocycles. The number of carboxylic acid groups (broad SMARTS) is 1. The van der Waals surface area contributed by atoms with Gasteiger partial charge in [-0.05, 0) is 17.7 Å². The molecule has 0 amide bonds. The van der Waals surface area contributed by atoms with Gasteiger partial charge in [-0.15, -0.1) is 0 Å². The molecular formula is C10H7Cl3O2. The fraction of sp³-hybridized carbons (Fsp3) is 0.100. The van der Waals surface area contributed by atoms with Gasteiger partial charge in [0.1, 0.15) is 0 Å². The lowest BCUT2D eigenvalue weighted by Gasteiger charge is -2.01. The lowest BCUT2D eigenvalue weighted by molar-refractivity contribution is -0.135. The summed E-state index contributed by atoms with van der Waals surface area (Å²) in [6.07, 6.45) is 2.99. The molecule has 0 atom stereocenters. The van der Waals surface area contributed by atoms with Crippen LogP contribution in [-0.4, -0.2) is 11.1 Å². The van der Waals surface area contributed by atoms with Crippen molar-refractivity contribution >= 4 is 46.8 Å². The summed E-state index contributed by atoms with van der Waals surface area (Å²) in [5.41, 5.74) is 0.607. The number of carboxylic acids is 1. The lowest BCUT2D eigenvalue weighted by Crippen LogP contribution is -1.89. The van der Waals surface area contributed by atoms with E-state index in [-0.39, 0.29) is 6.42 Å². The van der Waals surface area contributed by atoms with E-state index >= 15 is 0 Å². The summed E-state index contributed by atoms with van der Waals surface area (Å²) in [5.74, 6) is -0.907. The first-order chi connectivity index (χ1) is 7.00. The van der Waals surface area contributed by atoms with Crippen LogP contribution in [-0.2, 0) is 4.79 Å². The lowest BCUT2D eigenvalue weighted by atomic mass is 10.2. The highest BCUT2D eigenvalue weighted by Gasteiger charge is 2.04. The molecule has 0 radical (unpaired) electrons. The molecule has 0 unspecified atom stereocenters. The summed E-state index contributed by atoms with van der Waals surface area (Å²) in [5, 5.41) is 9.60. The highest BCUT2D eigenvalue weighted by atomic mass is 35.5. The Hall–Kier alpha value is -0.700. The van der Waals surface area contributed by atoms with Crippen molar-refractivity contribution in [1.29, 1.82) is 0 Å². The summed E-state index contributed by atoms with van der Waals surface area (Å²) in [6.45, 7) is 0. The van der Waals surface area contributed by atoms with Crippen molar-refractivity contribution in [1.82, 2.24) is 0 Å². The average Bonchev–Trinajstić information content (AvgIpc) is 2.12. The molecule has 0 aliphatic carbocycles. The molecule has 0 aromatic heterocycles. The van der Waals surface area contributed by atoms with Crippen LogP contribution in [0.2, 0.25) is 15.1 Å². The van der Waals surface area contributed by atoms with Crippen LogP contribution in [0.5, 0.6) is 0 Å². The SMILES string of the molecule is O=C(O)CC=Cc1cc(Cl)cc(Cl)c1Cl. The van der Waals surface area contributed by atoms with E-state index in [4.69, 9.17) is 39.9 Å². The van der Waals surface area contributed by atoms with Gasteiger partial charge in [-0.2, -0.15) is 0 Å². The number of rotatable bonds is 3. The van der Waals surface area contributed by atoms with Crippen LogP contribution < -0.4 is 0 Å². The number of halogens is 3. The van der Waals surface area contributed by atoms with Crippen molar-refractivity contribution in [2.45, 2.75) is 6.42 Å². The molecule has 15 heavy (non-hydrogen) atoms. The van der Waals surface area contributed by atoms with Gasteiger partial charge < -0.3 is 5.11 Å². The summed E-state index contributed by atoms with van der Waals surface area (Å²) in [7, 11) is 0. The van der Waals surface area contributed by atoms with Crippen molar-refractivity contribution in [3.63, 3.8) is 0 Å². The maximum Gasteiger partial charge on any atom is 0.307 e. The number of carbonyl (C=O) groups is 1. The molecule has 0 fully saturated rings. The van der Waals surface area contributed by atoms with E-state index in [0.29, 0.717) is 20.6 Å². The van der Waals surface area contributed by atoms with E-state index < -0.39 is 5.97 Å². The predicted molar refractivity (Wildman–Crippen MR) is 62.8 cm³/mol. The van der Waals surface area contributed by atoms with Crippen LogP contribution >= 0.6 is 34.8 Å². The molecule has 80 valence electrons. The van der Waals surface area contributed by atoms with Gasteiger partial charge >= 0.3 is 5.97 Å². The molecule has 1 rings (SSSR count). The minimum Gasteiger partial charge on any atom is -0.481 e. The van der Waals surface area contributed by atoms with Crippen molar-refractivity contribution in [2.75, 3.05) is 0 Å². The highest BCUT2D eigenvalue weighted by molar-refractivity contribution is 6.44. The summed E-state index contributed by atoms with van der Waals surface area (Å²) in [6, 6.07) is 3.15. The average molecular weight is 266 g/mol. The molecule has 1 N–H and O–H groups in total. The van der Waals surface area contributed by atoms with Gasteiger partial charge in [0.15, 0.2) is 0 Å². The summed E-state index contributed by atoms with van der Waals surface area (Å²) >= 11 is 17.5. The Morgan fingerprint density at radius 2 is 2.00 bits per heavy atom. The van der Waals surface area contributed by atoms with Gasteiger partial charge in [-0.3, -0.25) is 4.79 Å². The minimum absolute atomic E-state index is 0.0690. The Labute approximate surface area is 102 Å². The van der Waals surface area contributed by atoms with Gasteiger partial charge in [-0.1, -0.05) is 47.0 Å². The summed E-state index contributed by atoms with van der Waals surface area (Å²) < 4.78 is 0. The Bertz CT molecular complexity index is 413. The number of aliphatic carboxylic acids is 1. The molecular weight excluding hydrogens is 258 g/mol. The first-order valence-corrected chi connectivity index (χ1v) is 5.17. The molecule has 2 nitrogen and oxygen atoms in total. The molecule has 1 aromatic carbocycles. The van der Waals surface area contributed by atoms with Crippen LogP contribution in [0, 0.1) is 0 Å². The molecule has 0 bridgehead atoms. The molecule has 0 aliphatic heterocycles. The molecule has 0 saturated heterocycles. The van der Waals surface area contributed by atoms with Crippen molar-refractivity contribution < 1.29 is 9.90 Å². The second-order valence-corrected chi connectivity index (χ2v) is 4.01. The van der Waals surface area contributed by atoms with Crippen LogP contribution in [0.1, 0.15) is 12.0 Å². The standard InChI is InChI=1S/C10H7Cl3O2/c11-7-4-6(2-1-3-9(14)15)10(13)8(12)5-7/h1-2,4-5H,3H2,(H,14,15). The maximum atomic E-state index is 10.3. The molecule has 0 spiro atoms. The van der Waals surface area contributed by atoms with E-state index in [1.807, 2.05) is 0 Å². The molecule has 1 aromatic rings. The van der Waals surface area contributed by atoms with Gasteiger partial charge in [0.25, 0.3) is 0 Å². The quantitative estimate of drug-likeness (QED) is 0.834. The maximum absolute atomic E-state index is 10.3. The number of hydrogen-bond donors (Lipinski definition) is 1. The topological polar surface area (TPSA) is 37.3 Å². The third kappa shape index (κ3) is 3.74. The van der Waals surface area contributed by atoms with Crippen molar-refractivity contribution in [3.8, 4) is 0 Å². The fourth-order valence-electron chi connectivity index (χ4n) is 0.984. The number of benzene rings is 1.